The quantitative estimate of drug-likeness (QED) is 0.776. The molecule has 1 aromatic rings. The monoisotopic (exact) mass is 225 g/mol. The lowest BCUT2D eigenvalue weighted by Crippen LogP contribution is -2.26. The third kappa shape index (κ3) is 4.49. The van der Waals surface area contributed by atoms with Crippen LogP contribution in [0.25, 0.3) is 0 Å². The fourth-order valence-corrected chi connectivity index (χ4v) is 1.42. The van der Waals surface area contributed by atoms with Gasteiger partial charge in [-0.1, -0.05) is 13.8 Å². The summed E-state index contributed by atoms with van der Waals surface area (Å²) in [4.78, 5) is 11.3. The van der Waals surface area contributed by atoms with E-state index in [2.05, 4.69) is 5.32 Å². The van der Waals surface area contributed by atoms with Gasteiger partial charge in [-0.15, -0.1) is 0 Å². The maximum atomic E-state index is 11.3. The van der Waals surface area contributed by atoms with E-state index in [0.29, 0.717) is 25.3 Å². The Labute approximate surface area is 95.7 Å². The Balaban J connectivity index is 2.18. The van der Waals surface area contributed by atoms with Crippen LogP contribution in [0.3, 0.4) is 0 Å². The van der Waals surface area contributed by atoms with Crippen molar-refractivity contribution in [2.24, 2.45) is 5.92 Å². The highest BCUT2D eigenvalue weighted by molar-refractivity contribution is 5.75. The minimum absolute atomic E-state index is 0.0365. The highest BCUT2D eigenvalue weighted by Gasteiger charge is 2.09. The number of rotatable bonds is 6. The van der Waals surface area contributed by atoms with Crippen molar-refractivity contribution in [1.29, 1.82) is 0 Å². The van der Waals surface area contributed by atoms with Crippen LogP contribution in [-0.4, -0.2) is 17.6 Å². The van der Waals surface area contributed by atoms with Crippen molar-refractivity contribution in [3.63, 3.8) is 0 Å². The summed E-state index contributed by atoms with van der Waals surface area (Å²) in [5.41, 5.74) is 0.748. The van der Waals surface area contributed by atoms with Crippen molar-refractivity contribution >= 4 is 5.91 Å². The number of aliphatic hydroxyl groups is 1. The fourth-order valence-electron chi connectivity index (χ4n) is 1.42. The highest BCUT2D eigenvalue weighted by atomic mass is 16.3. The van der Waals surface area contributed by atoms with E-state index in [4.69, 9.17) is 4.42 Å². The molecule has 0 aromatic carbocycles. The van der Waals surface area contributed by atoms with Crippen LogP contribution in [0.5, 0.6) is 0 Å². The summed E-state index contributed by atoms with van der Waals surface area (Å²) in [5, 5.41) is 12.5. The Hall–Kier alpha value is -1.29. The van der Waals surface area contributed by atoms with Gasteiger partial charge in [-0.05, 0) is 18.4 Å². The molecule has 0 saturated carbocycles. The molecule has 0 saturated heterocycles. The molecule has 0 aliphatic heterocycles. The number of furan rings is 1. The molecule has 90 valence electrons. The van der Waals surface area contributed by atoms with Crippen molar-refractivity contribution in [2.45, 2.75) is 32.8 Å². The second-order valence-electron chi connectivity index (χ2n) is 4.31. The minimum atomic E-state index is -0.571. The molecule has 1 atom stereocenters. The second kappa shape index (κ2) is 6.33. The third-order valence-corrected chi connectivity index (χ3v) is 2.26. The van der Waals surface area contributed by atoms with Crippen molar-refractivity contribution in [2.75, 3.05) is 6.54 Å². The summed E-state index contributed by atoms with van der Waals surface area (Å²) in [7, 11) is 0. The zero-order chi connectivity index (χ0) is 12.0. The molecule has 0 fully saturated rings. The summed E-state index contributed by atoms with van der Waals surface area (Å²) in [6.45, 7) is 4.48. The van der Waals surface area contributed by atoms with Crippen molar-refractivity contribution < 1.29 is 14.3 Å². The lowest BCUT2D eigenvalue weighted by Gasteiger charge is -2.10. The number of nitrogens with one attached hydrogen (secondary N) is 1. The van der Waals surface area contributed by atoms with E-state index in [1.54, 1.807) is 6.07 Å². The van der Waals surface area contributed by atoms with Gasteiger partial charge in [0.1, 0.15) is 0 Å². The molecule has 1 amide bonds. The molecule has 0 aliphatic carbocycles. The first-order valence-electron chi connectivity index (χ1n) is 5.56. The minimum Gasteiger partial charge on any atom is -0.472 e. The summed E-state index contributed by atoms with van der Waals surface area (Å²) < 4.78 is 4.87. The molecule has 2 N–H and O–H groups in total. The molecule has 16 heavy (non-hydrogen) atoms. The number of hydrogen-bond donors (Lipinski definition) is 2. The molecule has 0 radical (unpaired) electrons. The molecule has 1 unspecified atom stereocenters. The van der Waals surface area contributed by atoms with E-state index in [1.807, 2.05) is 13.8 Å². The Morgan fingerprint density at radius 2 is 2.31 bits per heavy atom. The molecule has 4 nitrogen and oxygen atoms in total. The van der Waals surface area contributed by atoms with Gasteiger partial charge >= 0.3 is 0 Å². The number of hydrogen-bond acceptors (Lipinski definition) is 3. The van der Waals surface area contributed by atoms with E-state index in [-0.39, 0.29) is 5.91 Å². The fraction of sp³-hybridized carbons (Fsp3) is 0.583. The smallest absolute Gasteiger partial charge is 0.220 e. The maximum absolute atomic E-state index is 11.3. The van der Waals surface area contributed by atoms with E-state index in [9.17, 15) is 9.90 Å². The first kappa shape index (κ1) is 12.8. The Kier molecular flexibility index (Phi) is 5.05. The van der Waals surface area contributed by atoms with Gasteiger partial charge in [0, 0.05) is 18.5 Å². The third-order valence-electron chi connectivity index (χ3n) is 2.26. The molecular formula is C12H19NO3. The first-order chi connectivity index (χ1) is 7.59. The van der Waals surface area contributed by atoms with Crippen LogP contribution in [0.4, 0.5) is 0 Å². The van der Waals surface area contributed by atoms with E-state index in [0.717, 1.165) is 5.56 Å². The van der Waals surface area contributed by atoms with Gasteiger partial charge in [-0.2, -0.15) is 0 Å². The maximum Gasteiger partial charge on any atom is 0.220 e. The molecule has 0 spiro atoms. The zero-order valence-corrected chi connectivity index (χ0v) is 9.77. The molecule has 4 heteroatoms. The van der Waals surface area contributed by atoms with E-state index in [1.165, 1.54) is 12.5 Å². The van der Waals surface area contributed by atoms with Crippen LogP contribution in [0.1, 0.15) is 38.4 Å². The van der Waals surface area contributed by atoms with Crippen LogP contribution in [-0.2, 0) is 4.79 Å². The van der Waals surface area contributed by atoms with Gasteiger partial charge < -0.3 is 14.8 Å². The highest BCUT2D eigenvalue weighted by Crippen LogP contribution is 2.15. The van der Waals surface area contributed by atoms with Crippen molar-refractivity contribution in [1.82, 2.24) is 5.32 Å². The largest absolute Gasteiger partial charge is 0.472 e. The predicted molar refractivity (Wildman–Crippen MR) is 60.7 cm³/mol. The molecular weight excluding hydrogens is 206 g/mol. The lowest BCUT2D eigenvalue weighted by atomic mass is 10.1. The van der Waals surface area contributed by atoms with Gasteiger partial charge in [-0.25, -0.2) is 0 Å². The number of carbonyl (C=O) groups is 1. The molecule has 1 rings (SSSR count). The summed E-state index contributed by atoms with van der Waals surface area (Å²) in [5.74, 6) is 0.396. The Morgan fingerprint density at radius 3 is 2.88 bits per heavy atom. The Morgan fingerprint density at radius 1 is 1.56 bits per heavy atom. The summed E-state index contributed by atoms with van der Waals surface area (Å²) >= 11 is 0. The van der Waals surface area contributed by atoms with Crippen molar-refractivity contribution in [3.8, 4) is 0 Å². The molecule has 1 aromatic heterocycles. The van der Waals surface area contributed by atoms with Gasteiger partial charge in [0.15, 0.2) is 0 Å². The molecule has 0 bridgehead atoms. The van der Waals surface area contributed by atoms with Crippen LogP contribution < -0.4 is 5.32 Å². The van der Waals surface area contributed by atoms with Crippen molar-refractivity contribution in [3.05, 3.63) is 24.2 Å². The predicted octanol–water partition coefficient (Wildman–Crippen LogP) is 1.87. The number of aliphatic hydroxyl groups excluding tert-OH is 1. The van der Waals surface area contributed by atoms with Crippen LogP contribution >= 0.6 is 0 Å². The van der Waals surface area contributed by atoms with E-state index >= 15 is 0 Å². The average molecular weight is 225 g/mol. The standard InChI is InChI=1S/C12H19NO3/c1-9(2)7-12(15)13-5-3-11(14)10-4-6-16-8-10/h4,6,8-9,11,14H,3,5,7H2,1-2H3,(H,13,15). The summed E-state index contributed by atoms with van der Waals surface area (Å²) in [6.07, 6.45) is 3.50. The van der Waals surface area contributed by atoms with Gasteiger partial charge in [0.25, 0.3) is 0 Å². The average Bonchev–Trinajstić information content (AvgIpc) is 2.68. The van der Waals surface area contributed by atoms with Crippen LogP contribution in [0.15, 0.2) is 23.0 Å². The van der Waals surface area contributed by atoms with E-state index < -0.39 is 6.10 Å². The summed E-state index contributed by atoms with van der Waals surface area (Å²) in [6, 6.07) is 1.72. The molecule has 1 heterocycles. The SMILES string of the molecule is CC(C)CC(=O)NCCC(O)c1ccoc1. The number of carbonyl (C=O) groups excluding carboxylic acids is 1. The molecule has 0 aliphatic rings. The van der Waals surface area contributed by atoms with Crippen LogP contribution in [0.2, 0.25) is 0 Å². The van der Waals surface area contributed by atoms with Gasteiger partial charge in [0.2, 0.25) is 5.91 Å². The van der Waals surface area contributed by atoms with Gasteiger partial charge in [0.05, 0.1) is 18.6 Å². The normalized spacial score (nSPS) is 12.8. The lowest BCUT2D eigenvalue weighted by molar-refractivity contribution is -0.121. The number of amides is 1. The second-order valence-corrected chi connectivity index (χ2v) is 4.31. The topological polar surface area (TPSA) is 62.5 Å². The van der Waals surface area contributed by atoms with Gasteiger partial charge in [-0.3, -0.25) is 4.79 Å². The Bertz CT molecular complexity index is 306. The zero-order valence-electron chi connectivity index (χ0n) is 9.77. The van der Waals surface area contributed by atoms with Crippen LogP contribution in [0, 0.1) is 5.92 Å². The first-order valence-corrected chi connectivity index (χ1v) is 5.56.